The van der Waals surface area contributed by atoms with Crippen LogP contribution in [-0.2, 0) is 11.3 Å². The number of Topliss-reactive ketones (excluding diaryl/α,β-unsaturated/α-hetero) is 1. The number of aromatic nitrogens is 2. The van der Waals surface area contributed by atoms with Gasteiger partial charge in [-0.2, -0.15) is 5.10 Å². The molecule has 0 atom stereocenters. The second-order valence-electron chi connectivity index (χ2n) is 4.14. The smallest absolute Gasteiger partial charge is 0.267 e. The fraction of sp³-hybridized carbons (Fsp3) is 0.214. The highest BCUT2D eigenvalue weighted by molar-refractivity contribution is 7.98. The van der Waals surface area contributed by atoms with Gasteiger partial charge in [-0.1, -0.05) is 12.1 Å². The van der Waals surface area contributed by atoms with Crippen LogP contribution in [0.25, 0.3) is 11.3 Å². The van der Waals surface area contributed by atoms with Crippen LogP contribution >= 0.6 is 11.8 Å². The number of rotatable bonds is 4. The fourth-order valence-electron chi connectivity index (χ4n) is 1.69. The van der Waals surface area contributed by atoms with Crippen LogP contribution in [-0.4, -0.2) is 21.8 Å². The maximum absolute atomic E-state index is 11.6. The van der Waals surface area contributed by atoms with Gasteiger partial charge in [-0.05, 0) is 31.4 Å². The molecule has 2 aromatic rings. The number of carbonyl (C=O) groups excluding carboxylic acids is 1. The topological polar surface area (TPSA) is 52.0 Å². The van der Waals surface area contributed by atoms with E-state index >= 15 is 0 Å². The highest BCUT2D eigenvalue weighted by atomic mass is 32.2. The van der Waals surface area contributed by atoms with Crippen molar-refractivity contribution in [3.63, 3.8) is 0 Å². The van der Waals surface area contributed by atoms with Gasteiger partial charge < -0.3 is 0 Å². The molecule has 1 aromatic carbocycles. The van der Waals surface area contributed by atoms with Gasteiger partial charge in [0.2, 0.25) is 0 Å². The number of nitrogens with zero attached hydrogens (tertiary/aromatic N) is 2. The average Bonchev–Trinajstić information content (AvgIpc) is 2.41. The van der Waals surface area contributed by atoms with Gasteiger partial charge in [0.1, 0.15) is 6.54 Å². The molecular formula is C14H14N2O2S. The molecule has 0 bridgehead atoms. The molecule has 0 aliphatic heterocycles. The van der Waals surface area contributed by atoms with Gasteiger partial charge in [-0.3, -0.25) is 9.59 Å². The molecule has 0 aliphatic rings. The van der Waals surface area contributed by atoms with Crippen molar-refractivity contribution in [2.75, 3.05) is 6.26 Å². The van der Waals surface area contributed by atoms with Crippen molar-refractivity contribution in [3.05, 3.63) is 46.8 Å². The second kappa shape index (κ2) is 5.84. The molecule has 0 N–H and O–H groups in total. The van der Waals surface area contributed by atoms with E-state index in [9.17, 15) is 9.59 Å². The Morgan fingerprint density at radius 2 is 1.89 bits per heavy atom. The number of hydrogen-bond donors (Lipinski definition) is 0. The van der Waals surface area contributed by atoms with E-state index in [0.29, 0.717) is 5.69 Å². The quantitative estimate of drug-likeness (QED) is 0.802. The summed E-state index contributed by atoms with van der Waals surface area (Å²) in [4.78, 5) is 23.8. The summed E-state index contributed by atoms with van der Waals surface area (Å²) in [7, 11) is 0. The Hall–Kier alpha value is -1.88. The van der Waals surface area contributed by atoms with Crippen LogP contribution in [0.2, 0.25) is 0 Å². The molecule has 0 fully saturated rings. The van der Waals surface area contributed by atoms with E-state index in [2.05, 4.69) is 5.10 Å². The Kier molecular flexibility index (Phi) is 4.16. The summed E-state index contributed by atoms with van der Waals surface area (Å²) in [6, 6.07) is 11.0. The van der Waals surface area contributed by atoms with E-state index in [1.165, 1.54) is 22.6 Å². The van der Waals surface area contributed by atoms with E-state index in [0.717, 1.165) is 5.56 Å². The standard InChI is InChI=1S/C14H14N2O2S/c1-10(17)9-16-14(18)8-7-13(15-16)11-3-5-12(19-2)6-4-11/h3-8H,9H2,1-2H3. The van der Waals surface area contributed by atoms with Crippen molar-refractivity contribution in [3.8, 4) is 11.3 Å². The number of benzene rings is 1. The highest BCUT2D eigenvalue weighted by Gasteiger charge is 2.05. The number of ketones is 1. The van der Waals surface area contributed by atoms with Crippen LogP contribution in [0.1, 0.15) is 6.92 Å². The lowest BCUT2D eigenvalue weighted by Gasteiger charge is -2.06. The van der Waals surface area contributed by atoms with Crippen LogP contribution in [0.5, 0.6) is 0 Å². The maximum atomic E-state index is 11.6. The third-order valence-electron chi connectivity index (χ3n) is 2.62. The number of thioether (sulfide) groups is 1. The monoisotopic (exact) mass is 274 g/mol. The summed E-state index contributed by atoms with van der Waals surface area (Å²) in [6.45, 7) is 1.45. The van der Waals surface area contributed by atoms with Gasteiger partial charge in [-0.15, -0.1) is 11.8 Å². The molecule has 0 spiro atoms. The Bertz CT molecular complexity index is 647. The molecule has 0 saturated heterocycles. The molecule has 0 unspecified atom stereocenters. The molecule has 1 heterocycles. The van der Waals surface area contributed by atoms with Crippen LogP contribution in [0, 0.1) is 0 Å². The van der Waals surface area contributed by atoms with Gasteiger partial charge in [-0.25, -0.2) is 4.68 Å². The molecule has 98 valence electrons. The predicted octanol–water partition coefficient (Wildman–Crippen LogP) is 2.22. The minimum Gasteiger partial charge on any atom is -0.298 e. The first-order valence-corrected chi connectivity index (χ1v) is 7.04. The summed E-state index contributed by atoms with van der Waals surface area (Å²) in [5, 5.41) is 4.21. The predicted molar refractivity (Wildman–Crippen MR) is 76.4 cm³/mol. The van der Waals surface area contributed by atoms with Crippen LogP contribution in [0.3, 0.4) is 0 Å². The minimum atomic E-state index is -0.264. The largest absolute Gasteiger partial charge is 0.298 e. The van der Waals surface area contributed by atoms with E-state index in [1.807, 2.05) is 30.5 Å². The van der Waals surface area contributed by atoms with Crippen LogP contribution < -0.4 is 5.56 Å². The Labute approximate surface area is 115 Å². The second-order valence-corrected chi connectivity index (χ2v) is 5.02. The molecule has 0 aliphatic carbocycles. The number of carbonyl (C=O) groups is 1. The Balaban J connectivity index is 2.39. The normalized spacial score (nSPS) is 10.4. The first-order valence-electron chi connectivity index (χ1n) is 5.82. The molecule has 0 amide bonds. The number of hydrogen-bond acceptors (Lipinski definition) is 4. The zero-order chi connectivity index (χ0) is 13.8. The summed E-state index contributed by atoms with van der Waals surface area (Å²) in [5.74, 6) is -0.0931. The molecule has 19 heavy (non-hydrogen) atoms. The highest BCUT2D eigenvalue weighted by Crippen LogP contribution is 2.20. The van der Waals surface area contributed by atoms with Gasteiger partial charge in [0.25, 0.3) is 5.56 Å². The van der Waals surface area contributed by atoms with Crippen molar-refractivity contribution in [1.29, 1.82) is 0 Å². The van der Waals surface area contributed by atoms with Gasteiger partial charge in [0.15, 0.2) is 5.78 Å². The van der Waals surface area contributed by atoms with E-state index in [4.69, 9.17) is 0 Å². The molecule has 0 saturated carbocycles. The van der Waals surface area contributed by atoms with Crippen molar-refractivity contribution in [2.45, 2.75) is 18.4 Å². The van der Waals surface area contributed by atoms with Crippen LogP contribution in [0.4, 0.5) is 0 Å². The first-order chi connectivity index (χ1) is 9.10. The summed E-state index contributed by atoms with van der Waals surface area (Å²) in [6.07, 6.45) is 2.01. The lowest BCUT2D eigenvalue weighted by atomic mass is 10.1. The van der Waals surface area contributed by atoms with Gasteiger partial charge in [0, 0.05) is 16.5 Å². The molecule has 4 nitrogen and oxygen atoms in total. The fourth-order valence-corrected chi connectivity index (χ4v) is 2.10. The molecule has 5 heteroatoms. The minimum absolute atomic E-state index is 0.00949. The van der Waals surface area contributed by atoms with E-state index in [-0.39, 0.29) is 17.9 Å². The Morgan fingerprint density at radius 1 is 1.21 bits per heavy atom. The SMILES string of the molecule is CSc1ccc(-c2ccc(=O)n(CC(C)=O)n2)cc1. The summed E-state index contributed by atoms with van der Waals surface area (Å²) < 4.78 is 1.19. The molecule has 2 rings (SSSR count). The van der Waals surface area contributed by atoms with Crippen molar-refractivity contribution in [2.24, 2.45) is 0 Å². The zero-order valence-corrected chi connectivity index (χ0v) is 11.6. The van der Waals surface area contributed by atoms with Crippen molar-refractivity contribution < 1.29 is 4.79 Å². The molecule has 0 radical (unpaired) electrons. The maximum Gasteiger partial charge on any atom is 0.267 e. The van der Waals surface area contributed by atoms with Crippen molar-refractivity contribution >= 4 is 17.5 Å². The van der Waals surface area contributed by atoms with Crippen molar-refractivity contribution in [1.82, 2.24) is 9.78 Å². The Morgan fingerprint density at radius 3 is 2.47 bits per heavy atom. The summed E-state index contributed by atoms with van der Waals surface area (Å²) >= 11 is 1.67. The zero-order valence-electron chi connectivity index (χ0n) is 10.8. The first kappa shape index (κ1) is 13.5. The van der Waals surface area contributed by atoms with Crippen LogP contribution in [0.15, 0.2) is 46.1 Å². The molecule has 1 aromatic heterocycles. The third-order valence-corrected chi connectivity index (χ3v) is 3.37. The average molecular weight is 274 g/mol. The van der Waals surface area contributed by atoms with E-state index in [1.54, 1.807) is 17.8 Å². The lowest BCUT2D eigenvalue weighted by molar-refractivity contribution is -0.117. The lowest BCUT2D eigenvalue weighted by Crippen LogP contribution is -2.25. The van der Waals surface area contributed by atoms with Gasteiger partial charge >= 0.3 is 0 Å². The summed E-state index contributed by atoms with van der Waals surface area (Å²) in [5.41, 5.74) is 1.35. The molecular weight excluding hydrogens is 260 g/mol. The van der Waals surface area contributed by atoms with E-state index < -0.39 is 0 Å². The van der Waals surface area contributed by atoms with Gasteiger partial charge in [0.05, 0.1) is 5.69 Å². The third kappa shape index (κ3) is 3.32.